The maximum atomic E-state index is 13.2. The second-order valence-electron chi connectivity index (χ2n) is 11.0. The van der Waals surface area contributed by atoms with E-state index in [1.165, 1.54) is 38.5 Å². The van der Waals surface area contributed by atoms with Crippen LogP contribution in [0, 0.1) is 0 Å². The van der Waals surface area contributed by atoms with Gasteiger partial charge in [0.25, 0.3) is 0 Å². The standard InChI is InChI=1S/C31H38N4O4.2ClH/c36-30(28(32-38)11-17-34-13-3-1-4-14-34)22-7-9-26-24(19-22)21-25-20-23(8-10-27(25)26)31(37)29(33-39)12-18-35-15-5-2-6-16-35;;/h7-10,19-20,38-39H,1-6,11-18,21H2;2*1H. The van der Waals surface area contributed by atoms with Crippen molar-refractivity contribution in [2.24, 2.45) is 10.3 Å². The maximum Gasteiger partial charge on any atom is 0.210 e. The molecule has 3 aliphatic rings. The molecule has 2 saturated heterocycles. The van der Waals surface area contributed by atoms with Crippen LogP contribution in [0.5, 0.6) is 0 Å². The number of likely N-dealkylation sites (tertiary alicyclic amines) is 2. The average molecular weight is 604 g/mol. The average Bonchev–Trinajstić information content (AvgIpc) is 3.35. The molecule has 8 nitrogen and oxygen atoms in total. The second kappa shape index (κ2) is 15.4. The van der Waals surface area contributed by atoms with Crippen LogP contribution in [-0.2, 0) is 6.42 Å². The summed E-state index contributed by atoms with van der Waals surface area (Å²) in [4.78, 5) is 30.9. The zero-order valence-corrected chi connectivity index (χ0v) is 25.0. The van der Waals surface area contributed by atoms with Crippen LogP contribution in [0.1, 0.15) is 83.2 Å². The highest BCUT2D eigenvalue weighted by molar-refractivity contribution is 6.46. The van der Waals surface area contributed by atoms with Crippen LogP contribution >= 0.6 is 24.8 Å². The summed E-state index contributed by atoms with van der Waals surface area (Å²) in [6, 6.07) is 11.2. The third-order valence-corrected chi connectivity index (χ3v) is 8.40. The van der Waals surface area contributed by atoms with E-state index in [-0.39, 0.29) is 47.8 Å². The zero-order valence-electron chi connectivity index (χ0n) is 23.4. The fourth-order valence-corrected chi connectivity index (χ4v) is 6.14. The molecule has 0 atom stereocenters. The minimum Gasteiger partial charge on any atom is -0.411 e. The van der Waals surface area contributed by atoms with Crippen molar-refractivity contribution in [1.82, 2.24) is 9.80 Å². The van der Waals surface area contributed by atoms with Crippen LogP contribution in [0.15, 0.2) is 46.7 Å². The van der Waals surface area contributed by atoms with Crippen LogP contribution in [0.3, 0.4) is 0 Å². The fourth-order valence-electron chi connectivity index (χ4n) is 6.14. The number of carbonyl (C=O) groups excluding carboxylic acids is 2. The summed E-state index contributed by atoms with van der Waals surface area (Å²) in [7, 11) is 0. The molecule has 10 heteroatoms. The van der Waals surface area contributed by atoms with E-state index in [1.807, 2.05) is 24.3 Å². The van der Waals surface area contributed by atoms with Gasteiger partial charge in [0.2, 0.25) is 11.6 Å². The first-order valence-electron chi connectivity index (χ1n) is 14.3. The van der Waals surface area contributed by atoms with E-state index in [0.717, 1.165) is 61.5 Å². The lowest BCUT2D eigenvalue weighted by Gasteiger charge is -2.26. The Morgan fingerprint density at radius 1 is 0.634 bits per heavy atom. The number of hydrogen-bond donors (Lipinski definition) is 2. The lowest BCUT2D eigenvalue weighted by molar-refractivity contribution is 0.105. The van der Waals surface area contributed by atoms with Gasteiger partial charge in [0.15, 0.2) is 0 Å². The molecule has 0 amide bonds. The van der Waals surface area contributed by atoms with Gasteiger partial charge in [-0.3, -0.25) is 9.59 Å². The molecule has 5 rings (SSSR count). The lowest BCUT2D eigenvalue weighted by Crippen LogP contribution is -2.32. The molecule has 0 radical (unpaired) electrons. The van der Waals surface area contributed by atoms with Crippen molar-refractivity contribution in [3.63, 3.8) is 0 Å². The summed E-state index contributed by atoms with van der Waals surface area (Å²) in [5, 5.41) is 25.8. The smallest absolute Gasteiger partial charge is 0.210 e. The Hall–Kier alpha value is -2.78. The van der Waals surface area contributed by atoms with Crippen LogP contribution in [0.4, 0.5) is 0 Å². The molecule has 0 bridgehead atoms. The van der Waals surface area contributed by atoms with Gasteiger partial charge in [-0.1, -0.05) is 47.4 Å². The van der Waals surface area contributed by atoms with Crippen LogP contribution < -0.4 is 0 Å². The monoisotopic (exact) mass is 602 g/mol. The zero-order chi connectivity index (χ0) is 27.2. The predicted octanol–water partition coefficient (Wildman–Crippen LogP) is 5.88. The second-order valence-corrected chi connectivity index (χ2v) is 11.0. The lowest BCUT2D eigenvalue weighted by atomic mass is 9.97. The number of oxime groups is 2. The Labute approximate surface area is 254 Å². The summed E-state index contributed by atoms with van der Waals surface area (Å²) in [6.07, 6.45) is 8.63. The normalized spacial score (nSPS) is 17.7. The molecule has 0 aromatic heterocycles. The molecular formula is C31H40Cl2N4O4. The Bertz CT molecular complexity index is 1190. The van der Waals surface area contributed by atoms with Gasteiger partial charge in [-0.05, 0) is 92.7 Å². The van der Waals surface area contributed by atoms with E-state index in [0.29, 0.717) is 30.4 Å². The van der Waals surface area contributed by atoms with Crippen molar-refractivity contribution in [3.05, 3.63) is 58.7 Å². The molecule has 2 N–H and O–H groups in total. The highest BCUT2D eigenvalue weighted by Crippen LogP contribution is 2.37. The van der Waals surface area contributed by atoms with Gasteiger partial charge in [-0.25, -0.2) is 0 Å². The number of rotatable bonds is 10. The van der Waals surface area contributed by atoms with E-state index in [2.05, 4.69) is 20.1 Å². The van der Waals surface area contributed by atoms with Crippen molar-refractivity contribution >= 4 is 47.8 Å². The molecule has 2 fully saturated rings. The summed E-state index contributed by atoms with van der Waals surface area (Å²) >= 11 is 0. The van der Waals surface area contributed by atoms with Gasteiger partial charge in [-0.15, -0.1) is 24.8 Å². The van der Waals surface area contributed by atoms with Gasteiger partial charge in [0, 0.05) is 37.1 Å². The molecule has 41 heavy (non-hydrogen) atoms. The molecule has 0 unspecified atom stereocenters. The molecule has 2 aliphatic heterocycles. The minimum atomic E-state index is -0.248. The van der Waals surface area contributed by atoms with Gasteiger partial charge in [0.05, 0.1) is 0 Å². The topological polar surface area (TPSA) is 106 Å². The predicted molar refractivity (Wildman–Crippen MR) is 166 cm³/mol. The SMILES string of the molecule is Cl.Cl.O=C(C(CCN1CCCCC1)=NO)c1ccc2c(c1)Cc1cc(C(=O)C(CCN3CCCCC3)=NO)ccc1-2. The Morgan fingerprint density at radius 2 is 1.02 bits per heavy atom. The summed E-state index contributed by atoms with van der Waals surface area (Å²) in [5.74, 6) is -0.497. The molecule has 2 aromatic rings. The number of piperidine rings is 2. The van der Waals surface area contributed by atoms with E-state index < -0.39 is 0 Å². The number of fused-ring (bicyclic) bond motifs is 3. The molecule has 2 heterocycles. The van der Waals surface area contributed by atoms with Crippen molar-refractivity contribution < 1.29 is 20.0 Å². The minimum absolute atomic E-state index is 0. The molecule has 2 aromatic carbocycles. The van der Waals surface area contributed by atoms with E-state index in [4.69, 9.17) is 0 Å². The quantitative estimate of drug-likeness (QED) is 0.130. The summed E-state index contributed by atoms with van der Waals surface area (Å²) in [6.45, 7) is 5.54. The van der Waals surface area contributed by atoms with Crippen molar-refractivity contribution in [3.8, 4) is 11.1 Å². The van der Waals surface area contributed by atoms with Crippen LogP contribution in [-0.4, -0.2) is 82.5 Å². The highest BCUT2D eigenvalue weighted by Gasteiger charge is 2.25. The number of halogens is 2. The molecular weight excluding hydrogens is 563 g/mol. The third kappa shape index (κ3) is 7.74. The number of Topliss-reactive ketones (excluding diaryl/α,β-unsaturated/α-hetero) is 2. The number of benzene rings is 2. The first kappa shape index (κ1) is 32.7. The largest absolute Gasteiger partial charge is 0.411 e. The van der Waals surface area contributed by atoms with E-state index >= 15 is 0 Å². The molecule has 1 aliphatic carbocycles. The third-order valence-electron chi connectivity index (χ3n) is 8.40. The Kier molecular flexibility index (Phi) is 12.3. The number of hydrogen-bond acceptors (Lipinski definition) is 8. The number of ketones is 2. The number of carbonyl (C=O) groups is 2. The van der Waals surface area contributed by atoms with Crippen molar-refractivity contribution in [2.75, 3.05) is 39.3 Å². The first-order chi connectivity index (χ1) is 19.1. The van der Waals surface area contributed by atoms with Crippen LogP contribution in [0.25, 0.3) is 11.1 Å². The van der Waals surface area contributed by atoms with Gasteiger partial charge < -0.3 is 20.2 Å². The van der Waals surface area contributed by atoms with Crippen LogP contribution in [0.2, 0.25) is 0 Å². The van der Waals surface area contributed by atoms with E-state index in [1.54, 1.807) is 12.1 Å². The molecule has 222 valence electrons. The van der Waals surface area contributed by atoms with Crippen molar-refractivity contribution in [2.45, 2.75) is 57.8 Å². The van der Waals surface area contributed by atoms with Gasteiger partial charge >= 0.3 is 0 Å². The van der Waals surface area contributed by atoms with Gasteiger partial charge in [0.1, 0.15) is 11.4 Å². The first-order valence-corrected chi connectivity index (χ1v) is 14.3. The Balaban J connectivity index is 0.00000231. The van der Waals surface area contributed by atoms with Crippen molar-refractivity contribution in [1.29, 1.82) is 0 Å². The summed E-state index contributed by atoms with van der Waals surface area (Å²) < 4.78 is 0. The van der Waals surface area contributed by atoms with Gasteiger partial charge in [-0.2, -0.15) is 0 Å². The Morgan fingerprint density at radius 3 is 1.39 bits per heavy atom. The fraction of sp³-hybridized carbons (Fsp3) is 0.484. The molecule has 0 spiro atoms. The van der Waals surface area contributed by atoms with E-state index in [9.17, 15) is 20.0 Å². The molecule has 0 saturated carbocycles. The number of nitrogens with zero attached hydrogens (tertiary/aromatic N) is 4. The maximum absolute atomic E-state index is 13.2. The summed E-state index contributed by atoms with van der Waals surface area (Å²) in [5.41, 5.74) is 5.49. The highest BCUT2D eigenvalue weighted by atomic mass is 35.5.